The number of alkyl carbamates (subject to hydrolysis) is 1. The molecule has 1 fully saturated rings. The highest BCUT2D eigenvalue weighted by Crippen LogP contribution is 2.19. The van der Waals surface area contributed by atoms with E-state index in [9.17, 15) is 4.79 Å². The smallest absolute Gasteiger partial charge is 0.407 e. The van der Waals surface area contributed by atoms with Gasteiger partial charge in [0.1, 0.15) is 5.60 Å². The van der Waals surface area contributed by atoms with Gasteiger partial charge in [0.2, 0.25) is 0 Å². The molecule has 6 heteroatoms. The van der Waals surface area contributed by atoms with E-state index in [1.165, 1.54) is 0 Å². The van der Waals surface area contributed by atoms with Crippen LogP contribution in [0.2, 0.25) is 0 Å². The monoisotopic (exact) mass is 306 g/mol. The summed E-state index contributed by atoms with van der Waals surface area (Å²) >= 11 is 0. The van der Waals surface area contributed by atoms with Crippen LogP contribution in [0.15, 0.2) is 18.3 Å². The van der Waals surface area contributed by atoms with E-state index < -0.39 is 5.60 Å². The van der Waals surface area contributed by atoms with Crippen molar-refractivity contribution >= 4 is 6.09 Å². The molecule has 0 aromatic carbocycles. The fraction of sp³-hybridized carbons (Fsp3) is 0.688. The van der Waals surface area contributed by atoms with Crippen molar-refractivity contribution in [1.82, 2.24) is 20.8 Å². The Kier molecular flexibility index (Phi) is 5.71. The Bertz CT molecular complexity index is 465. The second-order valence-electron chi connectivity index (χ2n) is 6.79. The van der Waals surface area contributed by atoms with Gasteiger partial charge in [-0.1, -0.05) is 0 Å². The van der Waals surface area contributed by atoms with Crippen LogP contribution >= 0.6 is 0 Å². The van der Waals surface area contributed by atoms with Gasteiger partial charge in [-0.15, -0.1) is 0 Å². The summed E-state index contributed by atoms with van der Waals surface area (Å²) in [5.41, 5.74) is 0.510. The number of rotatable bonds is 4. The van der Waals surface area contributed by atoms with E-state index in [-0.39, 0.29) is 12.1 Å². The number of carbonyl (C=O) groups is 1. The zero-order valence-electron chi connectivity index (χ0n) is 13.6. The predicted octanol–water partition coefficient (Wildman–Crippen LogP) is 2.40. The number of nitrogens with zero attached hydrogens (tertiary/aromatic N) is 2. The summed E-state index contributed by atoms with van der Waals surface area (Å²) in [5.74, 6) is 0. The molecule has 0 spiro atoms. The molecule has 0 unspecified atom stereocenters. The quantitative estimate of drug-likeness (QED) is 0.893. The van der Waals surface area contributed by atoms with Crippen LogP contribution in [-0.4, -0.2) is 34.0 Å². The normalized spacial score (nSPS) is 22.1. The van der Waals surface area contributed by atoms with Crippen molar-refractivity contribution in [1.29, 1.82) is 0 Å². The molecule has 0 radical (unpaired) electrons. The van der Waals surface area contributed by atoms with E-state index in [1.807, 2.05) is 32.9 Å². The first-order chi connectivity index (χ1) is 10.4. The summed E-state index contributed by atoms with van der Waals surface area (Å²) < 4.78 is 5.29. The maximum atomic E-state index is 11.8. The van der Waals surface area contributed by atoms with E-state index in [0.717, 1.165) is 37.9 Å². The lowest BCUT2D eigenvalue weighted by Crippen LogP contribution is -2.43. The van der Waals surface area contributed by atoms with Gasteiger partial charge in [-0.25, -0.2) is 4.79 Å². The van der Waals surface area contributed by atoms with Crippen molar-refractivity contribution in [2.24, 2.45) is 0 Å². The van der Waals surface area contributed by atoms with Gasteiger partial charge >= 0.3 is 6.09 Å². The Balaban J connectivity index is 1.66. The summed E-state index contributed by atoms with van der Waals surface area (Å²) in [5, 5.41) is 14.4. The molecule has 1 heterocycles. The van der Waals surface area contributed by atoms with Crippen molar-refractivity contribution in [3.05, 3.63) is 24.0 Å². The van der Waals surface area contributed by atoms with Gasteiger partial charge in [-0.2, -0.15) is 10.2 Å². The minimum Gasteiger partial charge on any atom is -0.444 e. The van der Waals surface area contributed by atoms with Crippen LogP contribution in [0.4, 0.5) is 4.79 Å². The number of ether oxygens (including phenoxy) is 1. The highest BCUT2D eigenvalue weighted by Gasteiger charge is 2.24. The van der Waals surface area contributed by atoms with Crippen molar-refractivity contribution in [3.63, 3.8) is 0 Å². The average molecular weight is 306 g/mol. The molecule has 0 saturated heterocycles. The first-order valence-corrected chi connectivity index (χ1v) is 7.92. The minimum atomic E-state index is -0.445. The van der Waals surface area contributed by atoms with Gasteiger partial charge in [0, 0.05) is 24.8 Å². The third kappa shape index (κ3) is 5.97. The van der Waals surface area contributed by atoms with Gasteiger partial charge in [0.25, 0.3) is 0 Å². The lowest BCUT2D eigenvalue weighted by molar-refractivity contribution is 0.0489. The number of hydrogen-bond acceptors (Lipinski definition) is 5. The van der Waals surface area contributed by atoms with Gasteiger partial charge in [-0.05, 0) is 58.6 Å². The highest BCUT2D eigenvalue weighted by atomic mass is 16.6. The summed E-state index contributed by atoms with van der Waals surface area (Å²) in [6.07, 6.45) is 5.39. The first kappa shape index (κ1) is 16.7. The second kappa shape index (κ2) is 7.54. The van der Waals surface area contributed by atoms with E-state index in [2.05, 4.69) is 20.8 Å². The fourth-order valence-electron chi connectivity index (χ4n) is 2.59. The molecule has 0 atom stereocenters. The van der Waals surface area contributed by atoms with Crippen molar-refractivity contribution in [2.75, 3.05) is 0 Å². The van der Waals surface area contributed by atoms with Crippen LogP contribution in [0.3, 0.4) is 0 Å². The summed E-state index contributed by atoms with van der Waals surface area (Å²) in [6, 6.07) is 4.55. The average Bonchev–Trinajstić information content (AvgIpc) is 2.45. The number of nitrogens with one attached hydrogen (secondary N) is 2. The molecule has 2 rings (SSSR count). The summed E-state index contributed by atoms with van der Waals surface area (Å²) in [4.78, 5) is 11.8. The van der Waals surface area contributed by atoms with Gasteiger partial charge in [0.05, 0.1) is 5.69 Å². The Morgan fingerprint density at radius 3 is 2.55 bits per heavy atom. The lowest BCUT2D eigenvalue weighted by Gasteiger charge is -2.30. The maximum absolute atomic E-state index is 11.8. The molecule has 2 N–H and O–H groups in total. The number of aromatic nitrogens is 2. The second-order valence-corrected chi connectivity index (χ2v) is 6.79. The Morgan fingerprint density at radius 1 is 1.27 bits per heavy atom. The summed E-state index contributed by atoms with van der Waals surface area (Å²) in [7, 11) is 0. The van der Waals surface area contributed by atoms with E-state index in [0.29, 0.717) is 6.04 Å². The molecule has 1 saturated carbocycles. The van der Waals surface area contributed by atoms with Gasteiger partial charge < -0.3 is 15.4 Å². The standard InChI is InChI=1S/C16H26N4O2/c1-16(2,3)22-15(21)19-13-8-6-12(7-9-13)17-11-14-5-4-10-18-20-14/h4-5,10,12-13,17H,6-9,11H2,1-3H3,(H,19,21). The minimum absolute atomic E-state index is 0.212. The molecule has 1 aliphatic rings. The maximum Gasteiger partial charge on any atom is 0.407 e. The number of amides is 1. The molecular weight excluding hydrogens is 280 g/mol. The molecule has 122 valence electrons. The number of hydrogen-bond donors (Lipinski definition) is 2. The molecule has 1 aliphatic carbocycles. The largest absolute Gasteiger partial charge is 0.444 e. The highest BCUT2D eigenvalue weighted by molar-refractivity contribution is 5.68. The van der Waals surface area contributed by atoms with Gasteiger partial charge in [0.15, 0.2) is 0 Å². The van der Waals surface area contributed by atoms with E-state index >= 15 is 0 Å². The molecule has 0 bridgehead atoms. The van der Waals surface area contributed by atoms with Crippen LogP contribution in [0.1, 0.15) is 52.1 Å². The Hall–Kier alpha value is -1.69. The van der Waals surface area contributed by atoms with Crippen LogP contribution in [0.5, 0.6) is 0 Å². The topological polar surface area (TPSA) is 76.1 Å². The molecule has 1 aromatic heterocycles. The van der Waals surface area contributed by atoms with Crippen LogP contribution in [0, 0.1) is 0 Å². The molecule has 1 aromatic rings. The molecule has 6 nitrogen and oxygen atoms in total. The number of carbonyl (C=O) groups excluding carboxylic acids is 1. The van der Waals surface area contributed by atoms with Gasteiger partial charge in [-0.3, -0.25) is 0 Å². The van der Waals surface area contributed by atoms with Crippen molar-refractivity contribution in [3.8, 4) is 0 Å². The van der Waals surface area contributed by atoms with Crippen LogP contribution < -0.4 is 10.6 Å². The SMILES string of the molecule is CC(C)(C)OC(=O)NC1CCC(NCc2cccnn2)CC1. The zero-order chi connectivity index (χ0) is 16.0. The van der Waals surface area contributed by atoms with E-state index in [1.54, 1.807) is 6.20 Å². The van der Waals surface area contributed by atoms with Crippen molar-refractivity contribution in [2.45, 2.75) is 70.7 Å². The molecule has 1 amide bonds. The molecular formula is C16H26N4O2. The predicted molar refractivity (Wildman–Crippen MR) is 84.3 cm³/mol. The van der Waals surface area contributed by atoms with Crippen LogP contribution in [-0.2, 0) is 11.3 Å². The Labute approximate surface area is 132 Å². The van der Waals surface area contributed by atoms with Crippen molar-refractivity contribution < 1.29 is 9.53 Å². The molecule has 22 heavy (non-hydrogen) atoms. The first-order valence-electron chi connectivity index (χ1n) is 7.92. The third-order valence-corrected chi connectivity index (χ3v) is 3.65. The molecule has 0 aliphatic heterocycles. The summed E-state index contributed by atoms with van der Waals surface area (Å²) in [6.45, 7) is 6.36. The Morgan fingerprint density at radius 2 is 1.95 bits per heavy atom. The third-order valence-electron chi connectivity index (χ3n) is 3.65. The zero-order valence-corrected chi connectivity index (χ0v) is 13.6. The van der Waals surface area contributed by atoms with E-state index in [4.69, 9.17) is 4.74 Å². The van der Waals surface area contributed by atoms with Crippen LogP contribution in [0.25, 0.3) is 0 Å². The lowest BCUT2D eigenvalue weighted by atomic mass is 9.91. The fourth-order valence-corrected chi connectivity index (χ4v) is 2.59.